The molecule has 4 rings (SSSR count). The molecule has 1 aliphatic carbocycles. The van der Waals surface area contributed by atoms with Gasteiger partial charge in [0.2, 0.25) is 6.71 Å². The zero-order valence-corrected chi connectivity index (χ0v) is 19.6. The highest BCUT2D eigenvalue weighted by Crippen LogP contribution is 2.36. The topological polar surface area (TPSA) is 71.2 Å². The number of hydrogen-bond donors (Lipinski definition) is 2. The van der Waals surface area contributed by atoms with Crippen LogP contribution in [0.15, 0.2) is 40.6 Å². The van der Waals surface area contributed by atoms with Gasteiger partial charge in [0.05, 0.1) is 19.2 Å². The van der Waals surface area contributed by atoms with Crippen LogP contribution in [-0.2, 0) is 11.3 Å². The standard InChI is InChI=1S/C26H33BN2O3/c1-16-9-11-19(12-10-16)14-27-18(3)24(20-7-5-6-8-22(20)27)26(31)28-15-21-23(32-4)13-17(2)29-25(21)30/h5-8,13,16,19H,9-12,14-15H2,1-4H3,(H,28,31)(H,29,30). The van der Waals surface area contributed by atoms with Crippen molar-refractivity contribution in [3.05, 3.63) is 63.0 Å². The van der Waals surface area contributed by atoms with Crippen LogP contribution in [0.4, 0.5) is 0 Å². The first-order valence-corrected chi connectivity index (χ1v) is 11.7. The third kappa shape index (κ3) is 4.41. The number of aromatic nitrogens is 1. The van der Waals surface area contributed by atoms with Crippen LogP contribution in [-0.4, -0.2) is 24.7 Å². The van der Waals surface area contributed by atoms with Crippen molar-refractivity contribution in [2.24, 2.45) is 11.8 Å². The fourth-order valence-electron chi connectivity index (χ4n) is 5.44. The van der Waals surface area contributed by atoms with Crippen molar-refractivity contribution in [2.45, 2.75) is 59.3 Å². The van der Waals surface area contributed by atoms with E-state index in [0.29, 0.717) is 18.0 Å². The van der Waals surface area contributed by atoms with Crippen LogP contribution in [0.1, 0.15) is 56.4 Å². The maximum absolute atomic E-state index is 13.3. The van der Waals surface area contributed by atoms with Gasteiger partial charge in [0.25, 0.3) is 11.5 Å². The minimum absolute atomic E-state index is 0.127. The monoisotopic (exact) mass is 432 g/mol. The van der Waals surface area contributed by atoms with E-state index >= 15 is 0 Å². The Labute approximate surface area is 190 Å². The Hall–Kier alpha value is -2.76. The Morgan fingerprint density at radius 2 is 1.91 bits per heavy atom. The highest BCUT2D eigenvalue weighted by molar-refractivity contribution is 6.84. The molecule has 0 atom stereocenters. The summed E-state index contributed by atoms with van der Waals surface area (Å²) in [5.74, 6) is 1.92. The Bertz CT molecular complexity index is 1100. The number of methoxy groups -OCH3 is 1. The van der Waals surface area contributed by atoms with E-state index in [4.69, 9.17) is 4.74 Å². The highest BCUT2D eigenvalue weighted by atomic mass is 16.5. The third-order valence-corrected chi connectivity index (χ3v) is 7.33. The summed E-state index contributed by atoms with van der Waals surface area (Å²) in [5.41, 5.74) is 5.13. The lowest BCUT2D eigenvalue weighted by Gasteiger charge is -2.28. The number of rotatable bonds is 6. The molecule has 1 fully saturated rings. The lowest BCUT2D eigenvalue weighted by atomic mass is 9.38. The number of carbonyl (C=O) groups is 1. The molecule has 5 nitrogen and oxygen atoms in total. The number of H-pyrrole nitrogens is 1. The molecular formula is C26H33BN2O3. The fraction of sp³-hybridized carbons (Fsp3) is 0.462. The van der Waals surface area contributed by atoms with E-state index in [9.17, 15) is 9.59 Å². The van der Waals surface area contributed by atoms with Crippen LogP contribution in [0.3, 0.4) is 0 Å². The smallest absolute Gasteiger partial charge is 0.256 e. The van der Waals surface area contributed by atoms with E-state index in [1.54, 1.807) is 6.07 Å². The van der Waals surface area contributed by atoms with Crippen molar-refractivity contribution in [1.82, 2.24) is 10.3 Å². The van der Waals surface area contributed by atoms with Crippen molar-refractivity contribution in [3.63, 3.8) is 0 Å². The first-order valence-electron chi connectivity index (χ1n) is 11.7. The normalized spacial score (nSPS) is 20.3. The maximum atomic E-state index is 13.3. The lowest BCUT2D eigenvalue weighted by Crippen LogP contribution is -2.32. The van der Waals surface area contributed by atoms with Crippen molar-refractivity contribution >= 4 is 23.7 Å². The molecule has 1 amide bonds. The number of fused-ring (bicyclic) bond motifs is 1. The Kier molecular flexibility index (Phi) is 6.59. The molecule has 1 aliphatic heterocycles. The predicted molar refractivity (Wildman–Crippen MR) is 131 cm³/mol. The fourth-order valence-corrected chi connectivity index (χ4v) is 5.44. The Balaban J connectivity index is 1.56. The molecule has 1 aromatic carbocycles. The summed E-state index contributed by atoms with van der Waals surface area (Å²) in [6, 6.07) is 10.1. The average molecular weight is 432 g/mol. The van der Waals surface area contributed by atoms with Crippen LogP contribution in [0.2, 0.25) is 6.32 Å². The van der Waals surface area contributed by atoms with Gasteiger partial charge in [-0.25, -0.2) is 0 Å². The first-order chi connectivity index (χ1) is 15.4. The van der Waals surface area contributed by atoms with Gasteiger partial charge in [-0.1, -0.05) is 81.1 Å². The van der Waals surface area contributed by atoms with Gasteiger partial charge in [0, 0.05) is 11.3 Å². The number of benzene rings is 1. The van der Waals surface area contributed by atoms with Gasteiger partial charge in [-0.3, -0.25) is 9.59 Å². The number of nitrogens with one attached hydrogen (secondary N) is 2. The summed E-state index contributed by atoms with van der Waals surface area (Å²) in [6.45, 7) is 6.68. The summed E-state index contributed by atoms with van der Waals surface area (Å²) < 4.78 is 5.37. The molecule has 1 saturated carbocycles. The van der Waals surface area contributed by atoms with Crippen LogP contribution in [0.25, 0.3) is 5.57 Å². The molecule has 1 aromatic heterocycles. The number of hydrogen-bond acceptors (Lipinski definition) is 3. The van der Waals surface area contributed by atoms with E-state index in [1.165, 1.54) is 38.3 Å². The molecule has 2 aliphatic rings. The molecule has 0 saturated heterocycles. The SMILES string of the molecule is COc1cc(C)[nH]c(=O)c1CNC(=O)C1=C(C)B(CC2CCC(C)CC2)c2ccccc21. The second kappa shape index (κ2) is 9.39. The minimum atomic E-state index is -0.232. The average Bonchev–Trinajstić information content (AvgIpc) is 3.05. The second-order valence-corrected chi connectivity index (χ2v) is 9.57. The summed E-state index contributed by atoms with van der Waals surface area (Å²) in [4.78, 5) is 28.5. The molecule has 0 spiro atoms. The van der Waals surface area contributed by atoms with Crippen molar-refractivity contribution in [3.8, 4) is 5.75 Å². The summed E-state index contributed by atoms with van der Waals surface area (Å²) in [5, 5.41) is 2.98. The van der Waals surface area contributed by atoms with Gasteiger partial charge in [-0.15, -0.1) is 0 Å². The van der Waals surface area contributed by atoms with Gasteiger partial charge >= 0.3 is 0 Å². The van der Waals surface area contributed by atoms with Crippen LogP contribution in [0.5, 0.6) is 5.75 Å². The van der Waals surface area contributed by atoms with Crippen LogP contribution in [0, 0.1) is 18.8 Å². The van der Waals surface area contributed by atoms with Crippen molar-refractivity contribution in [1.29, 1.82) is 0 Å². The number of pyridine rings is 1. The number of ether oxygens (including phenoxy) is 1. The molecule has 6 heteroatoms. The van der Waals surface area contributed by atoms with Crippen molar-refractivity contribution < 1.29 is 9.53 Å². The Morgan fingerprint density at radius 3 is 2.62 bits per heavy atom. The molecular weight excluding hydrogens is 399 g/mol. The molecule has 0 bridgehead atoms. The number of carbonyl (C=O) groups excluding carboxylic acids is 1. The van der Waals surface area contributed by atoms with Gasteiger partial charge in [0.15, 0.2) is 0 Å². The lowest BCUT2D eigenvalue weighted by molar-refractivity contribution is -0.115. The van der Waals surface area contributed by atoms with E-state index in [1.807, 2.05) is 13.0 Å². The van der Waals surface area contributed by atoms with Crippen molar-refractivity contribution in [2.75, 3.05) is 7.11 Å². The summed E-state index contributed by atoms with van der Waals surface area (Å²) >= 11 is 0. The maximum Gasteiger partial charge on any atom is 0.256 e. The molecule has 0 unspecified atom stereocenters. The van der Waals surface area contributed by atoms with E-state index in [-0.39, 0.29) is 18.0 Å². The Morgan fingerprint density at radius 1 is 1.19 bits per heavy atom. The largest absolute Gasteiger partial charge is 0.496 e. The molecule has 2 N–H and O–H groups in total. The minimum Gasteiger partial charge on any atom is -0.496 e. The van der Waals surface area contributed by atoms with Gasteiger partial charge < -0.3 is 15.0 Å². The quantitative estimate of drug-likeness (QED) is 0.681. The third-order valence-electron chi connectivity index (χ3n) is 7.33. The number of aryl methyl sites for hydroxylation is 1. The van der Waals surface area contributed by atoms with Crippen LogP contribution < -0.4 is 21.1 Å². The zero-order chi connectivity index (χ0) is 22.8. The number of allylic oxidation sites excluding steroid dienone is 1. The predicted octanol–water partition coefficient (Wildman–Crippen LogP) is 3.86. The van der Waals surface area contributed by atoms with E-state index in [2.05, 4.69) is 42.3 Å². The molecule has 2 heterocycles. The first kappa shape index (κ1) is 22.4. The van der Waals surface area contributed by atoms with Gasteiger partial charge in [0.1, 0.15) is 5.75 Å². The second-order valence-electron chi connectivity index (χ2n) is 9.57. The summed E-state index contributed by atoms with van der Waals surface area (Å²) in [6.07, 6.45) is 6.29. The van der Waals surface area contributed by atoms with Gasteiger partial charge in [-0.05, 0) is 30.4 Å². The number of amides is 1. The van der Waals surface area contributed by atoms with E-state index < -0.39 is 0 Å². The molecule has 32 heavy (non-hydrogen) atoms. The molecule has 2 aromatic rings. The molecule has 168 valence electrons. The number of aromatic amines is 1. The zero-order valence-electron chi connectivity index (χ0n) is 19.6. The summed E-state index contributed by atoms with van der Waals surface area (Å²) in [7, 11) is 1.54. The molecule has 0 radical (unpaired) electrons. The van der Waals surface area contributed by atoms with Gasteiger partial charge in [-0.2, -0.15) is 0 Å². The van der Waals surface area contributed by atoms with Crippen LogP contribution >= 0.6 is 0 Å². The van der Waals surface area contributed by atoms with E-state index in [0.717, 1.165) is 40.5 Å². The highest BCUT2D eigenvalue weighted by Gasteiger charge is 2.36.